The molecule has 1 aliphatic heterocycles. The fourth-order valence-electron chi connectivity index (χ4n) is 3.04. The normalized spacial score (nSPS) is 17.4. The molecule has 2 aliphatic rings. The number of hydrogen-bond donors (Lipinski definition) is 1. The van der Waals surface area contributed by atoms with Crippen LogP contribution in [-0.2, 0) is 4.79 Å². The molecule has 2 aromatic rings. The summed E-state index contributed by atoms with van der Waals surface area (Å²) in [7, 11) is 0. The maximum atomic E-state index is 12.2. The second kappa shape index (κ2) is 7.04. The van der Waals surface area contributed by atoms with Crippen molar-refractivity contribution in [1.82, 2.24) is 19.9 Å². The summed E-state index contributed by atoms with van der Waals surface area (Å²) in [6, 6.07) is 7.62. The molecular formula is C18H22N6O. The number of rotatable bonds is 5. The highest BCUT2D eigenvalue weighted by Crippen LogP contribution is 2.33. The average molecular weight is 338 g/mol. The maximum Gasteiger partial charge on any atom is 0.222 e. The van der Waals surface area contributed by atoms with Gasteiger partial charge >= 0.3 is 0 Å². The van der Waals surface area contributed by atoms with Gasteiger partial charge in [-0.05, 0) is 30.9 Å². The van der Waals surface area contributed by atoms with Crippen molar-refractivity contribution in [3.05, 3.63) is 36.8 Å². The topological polar surface area (TPSA) is 74.2 Å². The predicted octanol–water partition coefficient (Wildman–Crippen LogP) is 2.06. The van der Waals surface area contributed by atoms with Crippen LogP contribution in [0.25, 0.3) is 0 Å². The molecule has 0 aromatic carbocycles. The molecule has 25 heavy (non-hydrogen) atoms. The Balaban J connectivity index is 1.36. The summed E-state index contributed by atoms with van der Waals surface area (Å²) in [5, 5.41) is 3.19. The summed E-state index contributed by atoms with van der Waals surface area (Å²) in [6.07, 6.45) is 6.47. The molecule has 0 bridgehead atoms. The van der Waals surface area contributed by atoms with Gasteiger partial charge in [-0.2, -0.15) is 0 Å². The zero-order valence-corrected chi connectivity index (χ0v) is 14.1. The number of amides is 1. The molecule has 130 valence electrons. The summed E-state index contributed by atoms with van der Waals surface area (Å²) in [6.45, 7) is 3.13. The first-order valence-corrected chi connectivity index (χ1v) is 8.81. The largest absolute Gasteiger partial charge is 0.353 e. The van der Waals surface area contributed by atoms with E-state index in [4.69, 9.17) is 0 Å². The smallest absolute Gasteiger partial charge is 0.222 e. The number of hydrogen-bond acceptors (Lipinski definition) is 6. The van der Waals surface area contributed by atoms with Gasteiger partial charge in [-0.15, -0.1) is 0 Å². The first-order valence-electron chi connectivity index (χ1n) is 8.81. The Kier molecular flexibility index (Phi) is 4.45. The average Bonchev–Trinajstić information content (AvgIpc) is 3.47. The minimum Gasteiger partial charge on any atom is -0.353 e. The van der Waals surface area contributed by atoms with Gasteiger partial charge in [0.25, 0.3) is 0 Å². The monoisotopic (exact) mass is 338 g/mol. The van der Waals surface area contributed by atoms with Crippen LogP contribution in [0, 0.1) is 5.92 Å². The van der Waals surface area contributed by atoms with Gasteiger partial charge in [0.1, 0.15) is 23.8 Å². The molecule has 1 amide bonds. The van der Waals surface area contributed by atoms with E-state index in [-0.39, 0.29) is 0 Å². The number of carbonyl (C=O) groups is 1. The van der Waals surface area contributed by atoms with E-state index >= 15 is 0 Å². The van der Waals surface area contributed by atoms with Gasteiger partial charge in [-0.1, -0.05) is 6.07 Å². The van der Waals surface area contributed by atoms with E-state index in [1.807, 2.05) is 29.2 Å². The second-order valence-electron chi connectivity index (χ2n) is 6.62. The molecule has 7 heteroatoms. The quantitative estimate of drug-likeness (QED) is 0.899. The number of carbonyl (C=O) groups excluding carboxylic acids is 1. The summed E-state index contributed by atoms with van der Waals surface area (Å²) in [5.41, 5.74) is 0. The fourth-order valence-corrected chi connectivity index (χ4v) is 3.04. The molecule has 4 rings (SSSR count). The third-order valence-corrected chi connectivity index (χ3v) is 4.69. The highest BCUT2D eigenvalue weighted by molar-refractivity contribution is 5.77. The summed E-state index contributed by atoms with van der Waals surface area (Å²) in [5.74, 6) is 3.30. The van der Waals surface area contributed by atoms with E-state index in [1.165, 1.54) is 12.8 Å². The molecule has 0 atom stereocenters. The van der Waals surface area contributed by atoms with Crippen LogP contribution in [0.3, 0.4) is 0 Å². The number of piperazine rings is 1. The lowest BCUT2D eigenvalue weighted by Crippen LogP contribution is -2.49. The van der Waals surface area contributed by atoms with Crippen molar-refractivity contribution >= 4 is 23.4 Å². The Hall–Kier alpha value is -2.70. The fraction of sp³-hybridized carbons (Fsp3) is 0.444. The van der Waals surface area contributed by atoms with Crippen LogP contribution in [0.1, 0.15) is 19.3 Å². The molecule has 2 fully saturated rings. The standard InChI is InChI=1S/C18H22N6O/c25-18(11-14-4-5-14)24-9-7-23(8-10-24)17-12-16(20-13-21-17)22-15-3-1-2-6-19-15/h1-3,6,12-14H,4-5,7-11H2,(H,19,20,21,22). The Labute approximate surface area is 147 Å². The first-order chi connectivity index (χ1) is 12.3. The molecular weight excluding hydrogens is 316 g/mol. The minimum absolute atomic E-state index is 0.308. The van der Waals surface area contributed by atoms with Gasteiger partial charge in [-0.25, -0.2) is 15.0 Å². The van der Waals surface area contributed by atoms with E-state index < -0.39 is 0 Å². The third kappa shape index (κ3) is 4.04. The van der Waals surface area contributed by atoms with E-state index in [0.29, 0.717) is 11.8 Å². The molecule has 1 saturated carbocycles. The van der Waals surface area contributed by atoms with Crippen molar-refractivity contribution in [3.8, 4) is 0 Å². The zero-order valence-electron chi connectivity index (χ0n) is 14.1. The zero-order chi connectivity index (χ0) is 17.1. The number of nitrogens with one attached hydrogen (secondary N) is 1. The van der Waals surface area contributed by atoms with Crippen LogP contribution in [0.5, 0.6) is 0 Å². The lowest BCUT2D eigenvalue weighted by Gasteiger charge is -2.35. The molecule has 1 saturated heterocycles. The van der Waals surface area contributed by atoms with Gasteiger partial charge in [0, 0.05) is 44.9 Å². The van der Waals surface area contributed by atoms with Gasteiger partial charge in [0.05, 0.1) is 0 Å². The Morgan fingerprint density at radius 1 is 1.08 bits per heavy atom. The van der Waals surface area contributed by atoms with Crippen molar-refractivity contribution < 1.29 is 4.79 Å². The molecule has 1 aliphatic carbocycles. The molecule has 1 N–H and O–H groups in total. The molecule has 7 nitrogen and oxygen atoms in total. The highest BCUT2D eigenvalue weighted by atomic mass is 16.2. The van der Waals surface area contributed by atoms with E-state index in [2.05, 4.69) is 25.2 Å². The number of nitrogens with zero attached hydrogens (tertiary/aromatic N) is 5. The van der Waals surface area contributed by atoms with Gasteiger partial charge in [0.15, 0.2) is 0 Å². The third-order valence-electron chi connectivity index (χ3n) is 4.69. The predicted molar refractivity (Wildman–Crippen MR) is 95.7 cm³/mol. The van der Waals surface area contributed by atoms with Crippen molar-refractivity contribution in [2.24, 2.45) is 5.92 Å². The molecule has 3 heterocycles. The van der Waals surface area contributed by atoms with E-state index in [1.54, 1.807) is 12.5 Å². The van der Waals surface area contributed by atoms with Gasteiger partial charge in [0.2, 0.25) is 5.91 Å². The minimum atomic E-state index is 0.308. The molecule has 2 aromatic heterocycles. The summed E-state index contributed by atoms with van der Waals surface area (Å²) >= 11 is 0. The summed E-state index contributed by atoms with van der Waals surface area (Å²) in [4.78, 5) is 29.3. The van der Waals surface area contributed by atoms with Crippen LogP contribution < -0.4 is 10.2 Å². The van der Waals surface area contributed by atoms with Crippen molar-refractivity contribution in [1.29, 1.82) is 0 Å². The number of anilines is 3. The van der Waals surface area contributed by atoms with Gasteiger partial charge < -0.3 is 15.1 Å². The number of pyridine rings is 1. The lowest BCUT2D eigenvalue weighted by atomic mass is 10.2. The molecule has 0 unspecified atom stereocenters. The Bertz CT molecular complexity index is 725. The van der Waals surface area contributed by atoms with Crippen LogP contribution in [0.4, 0.5) is 17.5 Å². The Morgan fingerprint density at radius 3 is 2.64 bits per heavy atom. The SMILES string of the molecule is O=C(CC1CC1)N1CCN(c2cc(Nc3ccccn3)ncn2)CC1. The highest BCUT2D eigenvalue weighted by Gasteiger charge is 2.28. The van der Waals surface area contributed by atoms with Crippen LogP contribution >= 0.6 is 0 Å². The van der Waals surface area contributed by atoms with Gasteiger partial charge in [-0.3, -0.25) is 4.79 Å². The lowest BCUT2D eigenvalue weighted by molar-refractivity contribution is -0.131. The number of aromatic nitrogens is 3. The van der Waals surface area contributed by atoms with E-state index in [9.17, 15) is 4.79 Å². The van der Waals surface area contributed by atoms with Crippen molar-refractivity contribution in [3.63, 3.8) is 0 Å². The molecule has 0 radical (unpaired) electrons. The maximum absolute atomic E-state index is 12.2. The Morgan fingerprint density at radius 2 is 1.92 bits per heavy atom. The van der Waals surface area contributed by atoms with Crippen molar-refractivity contribution in [2.45, 2.75) is 19.3 Å². The van der Waals surface area contributed by atoms with E-state index in [0.717, 1.165) is 50.1 Å². The first kappa shape index (κ1) is 15.8. The van der Waals surface area contributed by atoms with Crippen molar-refractivity contribution in [2.75, 3.05) is 36.4 Å². The van der Waals surface area contributed by atoms with Crippen LogP contribution in [0.15, 0.2) is 36.8 Å². The molecule has 0 spiro atoms. The van der Waals surface area contributed by atoms with Crippen LogP contribution in [-0.4, -0.2) is 51.9 Å². The summed E-state index contributed by atoms with van der Waals surface area (Å²) < 4.78 is 0. The van der Waals surface area contributed by atoms with Crippen LogP contribution in [0.2, 0.25) is 0 Å². The second-order valence-corrected chi connectivity index (χ2v) is 6.62.